The second-order valence-electron chi connectivity index (χ2n) is 6.96. The zero-order valence-corrected chi connectivity index (χ0v) is 16.1. The van der Waals surface area contributed by atoms with E-state index in [-0.39, 0.29) is 5.41 Å². The van der Waals surface area contributed by atoms with Gasteiger partial charge in [-0.2, -0.15) is 0 Å². The minimum atomic E-state index is 0.119. The number of nitrogens with zero attached hydrogens (tertiary/aromatic N) is 2. The molecule has 2 N–H and O–H groups in total. The summed E-state index contributed by atoms with van der Waals surface area (Å²) >= 11 is 1.74. The molecule has 0 aliphatic carbocycles. The Hall–Kier alpha value is -1.88. The average molecular weight is 345 g/mol. The Morgan fingerprint density at radius 3 is 2.46 bits per heavy atom. The number of hydrogen-bond acceptors (Lipinski definition) is 3. The zero-order valence-electron chi connectivity index (χ0n) is 15.3. The smallest absolute Gasteiger partial charge is 0.191 e. The predicted octanol–water partition coefficient (Wildman–Crippen LogP) is 3.66. The number of aryl methyl sites for hydroxylation is 1. The van der Waals surface area contributed by atoms with Gasteiger partial charge < -0.3 is 10.6 Å². The summed E-state index contributed by atoms with van der Waals surface area (Å²) in [5.41, 5.74) is 3.82. The third-order valence-electron chi connectivity index (χ3n) is 3.76. The van der Waals surface area contributed by atoms with Crippen LogP contribution in [0.1, 0.15) is 42.6 Å². The molecule has 1 aromatic heterocycles. The molecule has 0 unspecified atom stereocenters. The van der Waals surface area contributed by atoms with E-state index >= 15 is 0 Å². The van der Waals surface area contributed by atoms with Gasteiger partial charge >= 0.3 is 0 Å². The topological polar surface area (TPSA) is 49.3 Å². The lowest BCUT2D eigenvalue weighted by Crippen LogP contribution is -2.37. The summed E-state index contributed by atoms with van der Waals surface area (Å²) in [5.74, 6) is 0.822. The summed E-state index contributed by atoms with van der Waals surface area (Å²) in [6, 6.07) is 8.53. The van der Waals surface area contributed by atoms with Crippen molar-refractivity contribution in [1.82, 2.24) is 15.6 Å². The number of guanidine groups is 1. The lowest BCUT2D eigenvalue weighted by atomic mass is 9.93. The Balaban J connectivity index is 1.77. The number of rotatable bonds is 5. The molecule has 4 nitrogen and oxygen atoms in total. The Labute approximate surface area is 149 Å². The van der Waals surface area contributed by atoms with Gasteiger partial charge in [0, 0.05) is 37.4 Å². The molecule has 0 saturated heterocycles. The Morgan fingerprint density at radius 2 is 1.88 bits per heavy atom. The highest BCUT2D eigenvalue weighted by Gasteiger charge is 2.17. The summed E-state index contributed by atoms with van der Waals surface area (Å²) in [6.07, 6.45) is 0.909. The van der Waals surface area contributed by atoms with Crippen molar-refractivity contribution < 1.29 is 0 Å². The van der Waals surface area contributed by atoms with Gasteiger partial charge in [-0.1, -0.05) is 50.6 Å². The first-order valence-corrected chi connectivity index (χ1v) is 9.21. The molecule has 0 spiro atoms. The summed E-state index contributed by atoms with van der Waals surface area (Å²) in [4.78, 5) is 9.00. The van der Waals surface area contributed by atoms with Gasteiger partial charge in [0.1, 0.15) is 0 Å². The number of thiazole rings is 1. The minimum absolute atomic E-state index is 0.119. The van der Waals surface area contributed by atoms with Crippen LogP contribution in [0.4, 0.5) is 0 Å². The van der Waals surface area contributed by atoms with Gasteiger partial charge in [-0.25, -0.2) is 4.98 Å². The van der Waals surface area contributed by atoms with Gasteiger partial charge in [0.25, 0.3) is 0 Å². The second-order valence-corrected chi connectivity index (χ2v) is 7.91. The van der Waals surface area contributed by atoms with Gasteiger partial charge in [-0.15, -0.1) is 11.3 Å². The molecule has 0 saturated carbocycles. The maximum absolute atomic E-state index is 4.72. The van der Waals surface area contributed by atoms with Crippen molar-refractivity contribution in [2.45, 2.75) is 46.1 Å². The van der Waals surface area contributed by atoms with Gasteiger partial charge in [0.05, 0.1) is 10.7 Å². The van der Waals surface area contributed by atoms with Crippen LogP contribution in [0.15, 0.2) is 34.6 Å². The molecule has 2 aromatic rings. The predicted molar refractivity (Wildman–Crippen MR) is 104 cm³/mol. The largest absolute Gasteiger partial charge is 0.356 e. The minimum Gasteiger partial charge on any atom is -0.356 e. The average Bonchev–Trinajstić information content (AvgIpc) is 3.01. The highest BCUT2D eigenvalue weighted by Crippen LogP contribution is 2.23. The van der Waals surface area contributed by atoms with Crippen LogP contribution in [-0.4, -0.2) is 24.5 Å². The fourth-order valence-electron chi connectivity index (χ4n) is 2.17. The van der Waals surface area contributed by atoms with Crippen LogP contribution >= 0.6 is 11.3 Å². The number of aliphatic imine (C=N–C) groups is 1. The van der Waals surface area contributed by atoms with Crippen molar-refractivity contribution in [2.24, 2.45) is 4.99 Å². The molecule has 0 aliphatic rings. The van der Waals surface area contributed by atoms with Crippen LogP contribution in [-0.2, 0) is 18.4 Å². The van der Waals surface area contributed by atoms with Gasteiger partial charge in [-0.3, -0.25) is 4.99 Å². The van der Waals surface area contributed by atoms with Crippen LogP contribution in [0.2, 0.25) is 0 Å². The Bertz CT molecular complexity index is 665. The molecule has 1 aromatic carbocycles. The molecule has 0 radical (unpaired) electrons. The van der Waals surface area contributed by atoms with E-state index in [1.165, 1.54) is 21.8 Å². The maximum Gasteiger partial charge on any atom is 0.191 e. The van der Waals surface area contributed by atoms with Crippen LogP contribution in [0, 0.1) is 6.92 Å². The van der Waals surface area contributed by atoms with E-state index in [0.29, 0.717) is 0 Å². The second kappa shape index (κ2) is 8.29. The number of aromatic nitrogens is 1. The lowest BCUT2D eigenvalue weighted by molar-refractivity contribution is 0.570. The highest BCUT2D eigenvalue weighted by molar-refractivity contribution is 7.09. The van der Waals surface area contributed by atoms with Crippen molar-refractivity contribution in [3.8, 4) is 0 Å². The third-order valence-corrected chi connectivity index (χ3v) is 4.66. The first-order valence-electron chi connectivity index (χ1n) is 8.33. The SMILES string of the molecule is CN=C(NCCc1nc(C(C)(C)C)cs1)NCc1ccc(C)cc1. The van der Waals surface area contributed by atoms with E-state index in [2.05, 4.69) is 73.0 Å². The molecule has 2 rings (SSSR count). The zero-order chi connectivity index (χ0) is 17.6. The number of nitrogens with one attached hydrogen (secondary N) is 2. The maximum atomic E-state index is 4.72. The van der Waals surface area contributed by atoms with E-state index < -0.39 is 0 Å². The van der Waals surface area contributed by atoms with Crippen molar-refractivity contribution in [2.75, 3.05) is 13.6 Å². The summed E-state index contributed by atoms with van der Waals surface area (Å²) in [5, 5.41) is 10.0. The third kappa shape index (κ3) is 5.64. The lowest BCUT2D eigenvalue weighted by Gasteiger charge is -2.14. The van der Waals surface area contributed by atoms with Gasteiger partial charge in [0.2, 0.25) is 0 Å². The molecule has 24 heavy (non-hydrogen) atoms. The first kappa shape index (κ1) is 18.5. The number of benzene rings is 1. The van der Waals surface area contributed by atoms with E-state index in [0.717, 1.165) is 25.5 Å². The first-order chi connectivity index (χ1) is 11.4. The van der Waals surface area contributed by atoms with Crippen LogP contribution in [0.3, 0.4) is 0 Å². The van der Waals surface area contributed by atoms with Crippen molar-refractivity contribution >= 4 is 17.3 Å². The fraction of sp³-hybridized carbons (Fsp3) is 0.474. The summed E-state index contributed by atoms with van der Waals surface area (Å²) in [6.45, 7) is 10.3. The molecular weight excluding hydrogens is 316 g/mol. The van der Waals surface area contributed by atoms with E-state index in [4.69, 9.17) is 4.98 Å². The van der Waals surface area contributed by atoms with E-state index in [9.17, 15) is 0 Å². The van der Waals surface area contributed by atoms with E-state index in [1.54, 1.807) is 18.4 Å². The van der Waals surface area contributed by atoms with Gasteiger partial charge in [0.15, 0.2) is 5.96 Å². The van der Waals surface area contributed by atoms with Crippen molar-refractivity contribution in [1.29, 1.82) is 0 Å². The molecule has 0 bridgehead atoms. The van der Waals surface area contributed by atoms with Crippen LogP contribution in [0.25, 0.3) is 0 Å². The van der Waals surface area contributed by atoms with Crippen molar-refractivity contribution in [3.63, 3.8) is 0 Å². The van der Waals surface area contributed by atoms with Crippen LogP contribution < -0.4 is 10.6 Å². The van der Waals surface area contributed by atoms with E-state index in [1.807, 2.05) is 0 Å². The number of hydrogen-bond donors (Lipinski definition) is 2. The molecule has 0 fully saturated rings. The summed E-state index contributed by atoms with van der Waals surface area (Å²) < 4.78 is 0. The Morgan fingerprint density at radius 1 is 1.17 bits per heavy atom. The molecule has 1 heterocycles. The monoisotopic (exact) mass is 344 g/mol. The standard InChI is InChI=1S/C19H28N4S/c1-14-6-8-15(9-7-14)12-22-18(20-5)21-11-10-17-23-16(13-24-17)19(2,3)4/h6-9,13H,10-12H2,1-5H3,(H2,20,21,22). The van der Waals surface area contributed by atoms with Crippen LogP contribution in [0.5, 0.6) is 0 Å². The van der Waals surface area contributed by atoms with Crippen molar-refractivity contribution in [3.05, 3.63) is 51.5 Å². The molecule has 0 amide bonds. The summed E-state index contributed by atoms with van der Waals surface area (Å²) in [7, 11) is 1.80. The normalized spacial score (nSPS) is 12.3. The quantitative estimate of drug-likeness (QED) is 0.643. The highest BCUT2D eigenvalue weighted by atomic mass is 32.1. The van der Waals surface area contributed by atoms with Gasteiger partial charge in [-0.05, 0) is 12.5 Å². The molecular formula is C19H28N4S. The molecule has 0 aliphatic heterocycles. The molecule has 0 atom stereocenters. The Kier molecular flexibility index (Phi) is 6.37. The fourth-order valence-corrected chi connectivity index (χ4v) is 3.20. The molecule has 130 valence electrons. The molecule has 5 heteroatoms.